The van der Waals surface area contributed by atoms with Gasteiger partial charge in [0.05, 0.1) is 6.61 Å². The Morgan fingerprint density at radius 1 is 1.25 bits per heavy atom. The van der Waals surface area contributed by atoms with Gasteiger partial charge < -0.3 is 4.74 Å². The number of carbonyl (C=O) groups is 1. The Hall–Kier alpha value is -0.590. The highest BCUT2D eigenvalue weighted by Gasteiger charge is 2.16. The highest BCUT2D eigenvalue weighted by atomic mass is 127. The quantitative estimate of drug-likeness (QED) is 0.450. The van der Waals surface area contributed by atoms with Crippen molar-refractivity contribution in [2.45, 2.75) is 6.92 Å². The topological polar surface area (TPSA) is 26.3 Å². The van der Waals surface area contributed by atoms with Crippen molar-refractivity contribution in [2.75, 3.05) is 6.61 Å². The van der Waals surface area contributed by atoms with E-state index < -0.39 is 0 Å². The van der Waals surface area contributed by atoms with E-state index in [-0.39, 0.29) is 5.78 Å². The summed E-state index contributed by atoms with van der Waals surface area (Å²) >= 11 is 11.5. The van der Waals surface area contributed by atoms with E-state index >= 15 is 0 Å². The first-order chi connectivity index (χ1) is 9.52. The van der Waals surface area contributed by atoms with Crippen molar-refractivity contribution in [2.24, 2.45) is 0 Å². The normalized spacial score (nSPS) is 10.4. The molecule has 0 aliphatic rings. The van der Waals surface area contributed by atoms with Crippen LogP contribution in [0.2, 0.25) is 5.02 Å². The van der Waals surface area contributed by atoms with Crippen LogP contribution >= 0.6 is 50.1 Å². The number of ketones is 1. The lowest BCUT2D eigenvalue weighted by atomic mass is 10.0. The molecule has 5 heteroatoms. The van der Waals surface area contributed by atoms with Gasteiger partial charge in [-0.1, -0.05) is 11.6 Å². The second-order valence-corrected chi connectivity index (χ2v) is 6.48. The van der Waals surface area contributed by atoms with E-state index in [1.165, 1.54) is 0 Å². The van der Waals surface area contributed by atoms with Gasteiger partial charge in [-0.25, -0.2) is 0 Å². The van der Waals surface area contributed by atoms with Crippen LogP contribution in [0.1, 0.15) is 22.8 Å². The summed E-state index contributed by atoms with van der Waals surface area (Å²) in [6.45, 7) is 2.51. The van der Waals surface area contributed by atoms with Gasteiger partial charge in [0.1, 0.15) is 5.75 Å². The number of hydrogen-bond acceptors (Lipinski definition) is 2. The molecule has 0 atom stereocenters. The van der Waals surface area contributed by atoms with Crippen molar-refractivity contribution in [3.8, 4) is 5.75 Å². The number of ether oxygens (including phenoxy) is 1. The molecule has 0 spiro atoms. The van der Waals surface area contributed by atoms with Crippen LogP contribution in [0.3, 0.4) is 0 Å². The molecular formula is C15H11BrClIO2. The van der Waals surface area contributed by atoms with Gasteiger partial charge >= 0.3 is 0 Å². The average molecular weight is 466 g/mol. The van der Waals surface area contributed by atoms with E-state index in [1.54, 1.807) is 30.3 Å². The second kappa shape index (κ2) is 6.91. The molecule has 104 valence electrons. The Balaban J connectivity index is 2.40. The molecule has 0 amide bonds. The van der Waals surface area contributed by atoms with E-state index in [4.69, 9.17) is 16.3 Å². The molecule has 0 aliphatic carbocycles. The Morgan fingerprint density at radius 2 is 2.00 bits per heavy atom. The summed E-state index contributed by atoms with van der Waals surface area (Å²) in [6.07, 6.45) is 0. The third-order valence-corrected chi connectivity index (χ3v) is 4.50. The fraction of sp³-hybridized carbons (Fsp3) is 0.133. The highest BCUT2D eigenvalue weighted by Crippen LogP contribution is 2.27. The number of rotatable bonds is 4. The standard InChI is InChI=1S/C15H11BrClIO2/c1-2-20-10-4-5-11(13(16)8-10)15(19)12-7-9(17)3-6-14(12)18/h3-8H,2H2,1H3. The lowest BCUT2D eigenvalue weighted by molar-refractivity contribution is 0.103. The van der Waals surface area contributed by atoms with E-state index in [1.807, 2.05) is 13.0 Å². The molecule has 0 bridgehead atoms. The maximum atomic E-state index is 12.6. The van der Waals surface area contributed by atoms with Gasteiger partial charge in [-0.3, -0.25) is 4.79 Å². The maximum Gasteiger partial charge on any atom is 0.195 e. The molecule has 2 aromatic carbocycles. The highest BCUT2D eigenvalue weighted by molar-refractivity contribution is 14.1. The third kappa shape index (κ3) is 3.54. The molecule has 0 N–H and O–H groups in total. The molecule has 0 saturated carbocycles. The van der Waals surface area contributed by atoms with Crippen LogP contribution in [0.15, 0.2) is 40.9 Å². The zero-order valence-corrected chi connectivity index (χ0v) is 15.1. The summed E-state index contributed by atoms with van der Waals surface area (Å²) in [5, 5.41) is 0.552. The van der Waals surface area contributed by atoms with Gasteiger partial charge in [-0.2, -0.15) is 0 Å². The van der Waals surface area contributed by atoms with Crippen molar-refractivity contribution in [3.63, 3.8) is 0 Å². The maximum absolute atomic E-state index is 12.6. The van der Waals surface area contributed by atoms with E-state index in [0.717, 1.165) is 9.32 Å². The summed E-state index contributed by atoms with van der Waals surface area (Å²) in [5.74, 6) is 0.670. The molecule has 2 aromatic rings. The van der Waals surface area contributed by atoms with Gasteiger partial charge in [-0.05, 0) is 81.8 Å². The Bertz CT molecular complexity index is 658. The fourth-order valence-corrected chi connectivity index (χ4v) is 3.04. The van der Waals surface area contributed by atoms with Crippen LogP contribution in [-0.4, -0.2) is 12.4 Å². The molecule has 0 saturated heterocycles. The van der Waals surface area contributed by atoms with Crippen LogP contribution in [-0.2, 0) is 0 Å². The third-order valence-electron chi connectivity index (χ3n) is 2.67. The first-order valence-electron chi connectivity index (χ1n) is 5.95. The van der Waals surface area contributed by atoms with Crippen LogP contribution in [0.4, 0.5) is 0 Å². The summed E-state index contributed by atoms with van der Waals surface area (Å²) in [5.41, 5.74) is 1.19. The minimum atomic E-state index is -0.0631. The van der Waals surface area contributed by atoms with Gasteiger partial charge in [0.25, 0.3) is 0 Å². The van der Waals surface area contributed by atoms with Crippen molar-refractivity contribution >= 4 is 55.9 Å². The predicted molar refractivity (Wildman–Crippen MR) is 92.9 cm³/mol. The minimum Gasteiger partial charge on any atom is -0.494 e. The lowest BCUT2D eigenvalue weighted by Crippen LogP contribution is -2.05. The van der Waals surface area contributed by atoms with Crippen molar-refractivity contribution in [1.29, 1.82) is 0 Å². The molecule has 0 radical (unpaired) electrons. The zero-order valence-electron chi connectivity index (χ0n) is 10.6. The zero-order chi connectivity index (χ0) is 14.7. The lowest BCUT2D eigenvalue weighted by Gasteiger charge is -2.09. The molecule has 0 aliphatic heterocycles. The molecule has 0 heterocycles. The Labute approximate surface area is 144 Å². The van der Waals surface area contributed by atoms with Crippen LogP contribution in [0.5, 0.6) is 5.75 Å². The molecular weight excluding hydrogens is 454 g/mol. The van der Waals surface area contributed by atoms with Crippen molar-refractivity contribution in [1.82, 2.24) is 0 Å². The number of benzene rings is 2. The fourth-order valence-electron chi connectivity index (χ4n) is 1.75. The average Bonchev–Trinajstić information content (AvgIpc) is 2.41. The number of halogens is 3. The summed E-state index contributed by atoms with van der Waals surface area (Å²) in [7, 11) is 0. The second-order valence-electron chi connectivity index (χ2n) is 4.03. The molecule has 0 unspecified atom stereocenters. The van der Waals surface area contributed by atoms with E-state index in [9.17, 15) is 4.79 Å². The molecule has 2 rings (SSSR count). The predicted octanol–water partition coefficient (Wildman–Crippen LogP) is 5.34. The van der Waals surface area contributed by atoms with Gasteiger partial charge in [0.2, 0.25) is 0 Å². The summed E-state index contributed by atoms with van der Waals surface area (Å²) in [4.78, 5) is 12.6. The summed E-state index contributed by atoms with van der Waals surface area (Å²) in [6, 6.07) is 10.6. The van der Waals surface area contributed by atoms with E-state index in [0.29, 0.717) is 27.2 Å². The van der Waals surface area contributed by atoms with Crippen LogP contribution < -0.4 is 4.74 Å². The van der Waals surface area contributed by atoms with Crippen molar-refractivity contribution in [3.05, 3.63) is 60.6 Å². The van der Waals surface area contributed by atoms with Crippen LogP contribution in [0, 0.1) is 3.57 Å². The van der Waals surface area contributed by atoms with Gasteiger partial charge in [0, 0.05) is 24.2 Å². The SMILES string of the molecule is CCOc1ccc(C(=O)c2cc(Cl)ccc2I)c(Br)c1. The largest absolute Gasteiger partial charge is 0.494 e. The Morgan fingerprint density at radius 3 is 2.65 bits per heavy atom. The smallest absolute Gasteiger partial charge is 0.195 e. The van der Waals surface area contributed by atoms with E-state index in [2.05, 4.69) is 38.5 Å². The van der Waals surface area contributed by atoms with Crippen molar-refractivity contribution < 1.29 is 9.53 Å². The molecule has 0 fully saturated rings. The van der Waals surface area contributed by atoms with Gasteiger partial charge in [-0.15, -0.1) is 0 Å². The van der Waals surface area contributed by atoms with Crippen LogP contribution in [0.25, 0.3) is 0 Å². The monoisotopic (exact) mass is 464 g/mol. The molecule has 0 aromatic heterocycles. The van der Waals surface area contributed by atoms with Gasteiger partial charge in [0.15, 0.2) is 5.78 Å². The number of carbonyl (C=O) groups excluding carboxylic acids is 1. The summed E-state index contributed by atoms with van der Waals surface area (Å²) < 4.78 is 6.99. The first-order valence-corrected chi connectivity index (χ1v) is 8.20. The Kier molecular flexibility index (Phi) is 5.46. The molecule has 2 nitrogen and oxygen atoms in total. The molecule has 20 heavy (non-hydrogen) atoms. The first kappa shape index (κ1) is 15.8. The minimum absolute atomic E-state index is 0.0631. The number of hydrogen-bond donors (Lipinski definition) is 0.